The zero-order valence-corrected chi connectivity index (χ0v) is 10.1. The molecule has 5 nitrogen and oxygen atoms in total. The van der Waals surface area contributed by atoms with Crippen molar-refractivity contribution in [1.82, 2.24) is 4.90 Å². The predicted molar refractivity (Wildman–Crippen MR) is 44.9 cm³/mol. The zero-order chi connectivity index (χ0) is 11.9. The molecular weight excluding hydrogens is 210 g/mol. The van der Waals surface area contributed by atoms with Gasteiger partial charge in [-0.3, -0.25) is 4.90 Å². The third kappa shape index (κ3) is 14.6. The van der Waals surface area contributed by atoms with Crippen LogP contribution >= 0.6 is 0 Å². The highest BCUT2D eigenvalue weighted by Crippen LogP contribution is 2.02. The third-order valence-electron chi connectivity index (χ3n) is 1.69. The Hall–Kier alpha value is 0.0900. The summed E-state index contributed by atoms with van der Waals surface area (Å²) in [6, 6.07) is 1.38. The van der Waals surface area contributed by atoms with Gasteiger partial charge < -0.3 is 0 Å². The van der Waals surface area contributed by atoms with Gasteiger partial charge in [0, 0.05) is 12.1 Å². The highest BCUT2D eigenvalue weighted by molar-refractivity contribution is 4.64. The first-order chi connectivity index (χ1) is 6.09. The summed E-state index contributed by atoms with van der Waals surface area (Å²) in [6.45, 7) is 12.3. The second kappa shape index (κ2) is 7.39. The van der Waals surface area contributed by atoms with E-state index in [-0.39, 0.29) is 0 Å². The van der Waals surface area contributed by atoms with Gasteiger partial charge in [-0.1, -0.05) is 6.92 Å². The lowest BCUT2D eigenvalue weighted by Gasteiger charge is -2.28. The quantitative estimate of drug-likeness (QED) is 0.604. The van der Waals surface area contributed by atoms with Crippen molar-refractivity contribution >= 4 is 0 Å². The first-order valence-electron chi connectivity index (χ1n) is 4.48. The summed E-state index contributed by atoms with van der Waals surface area (Å²) in [4.78, 5) is 2.46. The smallest absolute Gasteiger partial charge is 0.0777 e. The van der Waals surface area contributed by atoms with Gasteiger partial charge in [0.1, 0.15) is 0 Å². The Morgan fingerprint density at radius 2 is 1.29 bits per heavy atom. The van der Waals surface area contributed by atoms with Crippen molar-refractivity contribution in [2.24, 2.45) is 0 Å². The maximum atomic E-state index is 8.60. The van der Waals surface area contributed by atoms with E-state index in [1.165, 1.54) is 0 Å². The van der Waals surface area contributed by atoms with Crippen LogP contribution < -0.4 is 14.0 Å². The Morgan fingerprint density at radius 1 is 1.07 bits per heavy atom. The molecule has 0 atom stereocenters. The Morgan fingerprint density at radius 3 is 1.29 bits per heavy atom. The van der Waals surface area contributed by atoms with E-state index in [2.05, 4.69) is 39.5 Å². The van der Waals surface area contributed by atoms with Crippen molar-refractivity contribution < 1.29 is 28.9 Å². The molecule has 0 rings (SSSR count). The lowest BCUT2D eigenvalue weighted by molar-refractivity contribution is -1.92. The van der Waals surface area contributed by atoms with Gasteiger partial charge in [-0.05, 0) is 34.2 Å². The van der Waals surface area contributed by atoms with Crippen molar-refractivity contribution in [2.45, 2.75) is 46.7 Å². The third-order valence-corrected chi connectivity index (χ3v) is 1.69. The minimum absolute atomic E-state index is 0.690. The molecule has 0 aromatic carbocycles. The molecule has 0 aliphatic heterocycles. The zero-order valence-electron chi connectivity index (χ0n) is 9.36. The van der Waals surface area contributed by atoms with Gasteiger partial charge in [-0.15, -0.1) is 0 Å². The van der Waals surface area contributed by atoms with Crippen LogP contribution in [0.2, 0.25) is 0 Å². The SMILES string of the molecule is CCN(C(C)C)C(C)C.[O-][Cl+3]([O-])([O-])O. The van der Waals surface area contributed by atoms with E-state index in [0.717, 1.165) is 6.54 Å². The van der Waals surface area contributed by atoms with E-state index in [4.69, 9.17) is 18.6 Å². The molecule has 0 heterocycles. The fourth-order valence-electron chi connectivity index (χ4n) is 1.33. The Bertz CT molecular complexity index is 122. The van der Waals surface area contributed by atoms with Crippen LogP contribution in [0.15, 0.2) is 0 Å². The van der Waals surface area contributed by atoms with Crippen molar-refractivity contribution in [1.29, 1.82) is 0 Å². The van der Waals surface area contributed by atoms with Gasteiger partial charge in [0.25, 0.3) is 0 Å². The molecule has 1 N–H and O–H groups in total. The van der Waals surface area contributed by atoms with Gasteiger partial charge >= 0.3 is 0 Å². The van der Waals surface area contributed by atoms with E-state index in [1.54, 1.807) is 0 Å². The average Bonchev–Trinajstić information content (AvgIpc) is 1.81. The molecule has 0 saturated heterocycles. The highest BCUT2D eigenvalue weighted by Gasteiger charge is 2.08. The van der Waals surface area contributed by atoms with E-state index < -0.39 is 10.2 Å². The number of hydrogen-bond donors (Lipinski definition) is 1. The topological polar surface area (TPSA) is 92.7 Å². The van der Waals surface area contributed by atoms with Crippen LogP contribution in [0.1, 0.15) is 34.6 Å². The summed E-state index contributed by atoms with van der Waals surface area (Å²) in [6.07, 6.45) is 0. The van der Waals surface area contributed by atoms with E-state index in [0.29, 0.717) is 12.1 Å². The van der Waals surface area contributed by atoms with Crippen LogP contribution in [0.5, 0.6) is 0 Å². The average molecular weight is 230 g/mol. The summed E-state index contributed by atoms with van der Waals surface area (Å²) >= 11 is 0. The van der Waals surface area contributed by atoms with E-state index >= 15 is 0 Å². The molecule has 0 aromatic heterocycles. The maximum absolute atomic E-state index is 8.60. The van der Waals surface area contributed by atoms with Gasteiger partial charge in [0.15, 0.2) is 0 Å². The fraction of sp³-hybridized carbons (Fsp3) is 1.00. The van der Waals surface area contributed by atoms with Gasteiger partial charge in [-0.25, -0.2) is 0 Å². The van der Waals surface area contributed by atoms with Crippen molar-refractivity contribution in [3.05, 3.63) is 0 Å². The summed E-state index contributed by atoms with van der Waals surface area (Å²) in [7, 11) is -4.69. The molecule has 0 unspecified atom stereocenters. The molecule has 0 spiro atoms. The Balaban J connectivity index is 0. The van der Waals surface area contributed by atoms with Crippen molar-refractivity contribution in [3.8, 4) is 0 Å². The second-order valence-corrected chi connectivity index (χ2v) is 4.21. The van der Waals surface area contributed by atoms with Gasteiger partial charge in [0.2, 0.25) is 0 Å². The summed E-state index contributed by atoms with van der Waals surface area (Å²) in [5, 5.41) is 0. The van der Waals surface area contributed by atoms with Crippen molar-refractivity contribution in [3.63, 3.8) is 0 Å². The molecule has 0 amide bonds. The second-order valence-electron chi connectivity index (χ2n) is 3.41. The summed E-state index contributed by atoms with van der Waals surface area (Å²) in [5.74, 6) is 0. The first kappa shape index (κ1) is 16.5. The van der Waals surface area contributed by atoms with Crippen LogP contribution in [0, 0.1) is 10.2 Å². The minimum Gasteiger partial charge on any atom is -0.299 e. The Labute approximate surface area is 87.7 Å². The van der Waals surface area contributed by atoms with Gasteiger partial charge in [-0.2, -0.15) is 14.0 Å². The standard InChI is InChI=1S/C8H19N.ClHO4/c1-6-9(7(2)3)8(4)5;2-1(3,4)5/h7-8H,6H2,1-5H3;(H,2,3,4,5). The van der Waals surface area contributed by atoms with Crippen LogP contribution in [0.3, 0.4) is 0 Å². The summed E-state index contributed by atoms with van der Waals surface area (Å²) in [5.41, 5.74) is 0. The largest absolute Gasteiger partial charge is 0.299 e. The fourth-order valence-corrected chi connectivity index (χ4v) is 1.33. The lowest BCUT2D eigenvalue weighted by Crippen LogP contribution is -2.58. The van der Waals surface area contributed by atoms with E-state index in [1.807, 2.05) is 0 Å². The molecule has 0 aromatic rings. The number of rotatable bonds is 3. The van der Waals surface area contributed by atoms with E-state index in [9.17, 15) is 0 Å². The molecule has 0 radical (unpaired) electrons. The molecule has 14 heavy (non-hydrogen) atoms. The maximum Gasteiger partial charge on any atom is 0.0777 e. The number of halogens is 1. The summed E-state index contributed by atoms with van der Waals surface area (Å²) < 4.78 is 32.7. The molecule has 0 bridgehead atoms. The molecule has 0 aliphatic carbocycles. The van der Waals surface area contributed by atoms with Crippen LogP contribution in [0.4, 0.5) is 0 Å². The van der Waals surface area contributed by atoms with Crippen LogP contribution in [-0.4, -0.2) is 28.2 Å². The molecule has 6 heteroatoms. The monoisotopic (exact) mass is 229 g/mol. The van der Waals surface area contributed by atoms with Crippen LogP contribution in [-0.2, 0) is 0 Å². The number of hydrogen-bond acceptors (Lipinski definition) is 5. The Kier molecular flexibility index (Phi) is 8.72. The molecular formula is C8H20ClNO4. The first-order valence-corrected chi connectivity index (χ1v) is 5.74. The highest BCUT2D eigenvalue weighted by atomic mass is 35.7. The van der Waals surface area contributed by atoms with Crippen molar-refractivity contribution in [2.75, 3.05) is 6.54 Å². The predicted octanol–water partition coefficient (Wildman–Crippen LogP) is -2.00. The van der Waals surface area contributed by atoms with Crippen LogP contribution in [0.25, 0.3) is 0 Å². The van der Waals surface area contributed by atoms with Gasteiger partial charge in [0.05, 0.1) is 14.9 Å². The molecule has 0 aliphatic rings. The minimum atomic E-state index is -4.69. The number of nitrogens with zero attached hydrogens (tertiary/aromatic N) is 1. The lowest BCUT2D eigenvalue weighted by atomic mass is 10.2. The molecule has 0 saturated carbocycles. The molecule has 88 valence electrons. The normalized spacial score (nSPS) is 12.0. The molecule has 0 fully saturated rings.